The van der Waals surface area contributed by atoms with Gasteiger partial charge in [-0.3, -0.25) is 4.72 Å². The normalized spacial score (nSPS) is 30.8. The van der Waals surface area contributed by atoms with Crippen molar-refractivity contribution in [1.82, 2.24) is 19.4 Å². The maximum Gasteiger partial charge on any atom is 0.312 e. The quantitative estimate of drug-likeness (QED) is 0.437. The molecule has 0 amide bonds. The molecule has 0 spiro atoms. The number of imidazole rings is 1. The van der Waals surface area contributed by atoms with Crippen molar-refractivity contribution in [3.8, 4) is 11.3 Å². The molecule has 5 aliphatic rings. The number of hydrogen-bond donors (Lipinski definition) is 3. The van der Waals surface area contributed by atoms with E-state index in [1.807, 2.05) is 21.7 Å². The molecule has 1 aromatic heterocycles. The molecule has 8 rings (SSSR count). The van der Waals surface area contributed by atoms with Crippen LogP contribution in [-0.2, 0) is 10.2 Å². The summed E-state index contributed by atoms with van der Waals surface area (Å²) in [5, 5.41) is 13.6. The van der Waals surface area contributed by atoms with Gasteiger partial charge in [0.15, 0.2) is 0 Å². The highest BCUT2D eigenvalue weighted by Crippen LogP contribution is 2.58. The van der Waals surface area contributed by atoms with Crippen molar-refractivity contribution in [2.24, 2.45) is 11.3 Å². The summed E-state index contributed by atoms with van der Waals surface area (Å²) in [6, 6.07) is 13.7. The molecule has 194 valence electrons. The molecule has 4 fully saturated rings. The van der Waals surface area contributed by atoms with Crippen molar-refractivity contribution in [2.75, 3.05) is 4.72 Å². The van der Waals surface area contributed by atoms with Gasteiger partial charge in [-0.1, -0.05) is 30.3 Å². The van der Waals surface area contributed by atoms with Crippen LogP contribution in [0.15, 0.2) is 61.1 Å². The molecule has 4 unspecified atom stereocenters. The predicted molar refractivity (Wildman–Crippen MR) is 137 cm³/mol. The number of aliphatic hydroxyl groups is 1. The number of rotatable bonds is 7. The van der Waals surface area contributed by atoms with Crippen LogP contribution in [0.2, 0.25) is 0 Å². The highest BCUT2D eigenvalue weighted by Gasteiger charge is 2.58. The summed E-state index contributed by atoms with van der Waals surface area (Å²) in [4.78, 5) is 7.07. The number of hydrazine groups is 1. The number of fused-ring (bicyclic) bond motifs is 3. The molecule has 2 aromatic carbocycles. The van der Waals surface area contributed by atoms with Gasteiger partial charge >= 0.3 is 10.2 Å². The number of aromatic nitrogens is 2. The van der Waals surface area contributed by atoms with Crippen molar-refractivity contribution < 1.29 is 17.9 Å². The van der Waals surface area contributed by atoms with E-state index in [2.05, 4.69) is 14.5 Å². The minimum Gasteiger partial charge on any atom is -0.392 e. The maximum absolute atomic E-state index is 15.0. The number of benzene rings is 2. The molecule has 2 aliphatic carbocycles. The zero-order chi connectivity index (χ0) is 25.4. The number of halogens is 1. The second-order valence-corrected chi connectivity index (χ2v) is 12.6. The van der Waals surface area contributed by atoms with Crippen LogP contribution in [0.1, 0.15) is 50.1 Å². The van der Waals surface area contributed by atoms with Gasteiger partial charge in [-0.05, 0) is 68.1 Å². The monoisotopic (exact) mass is 523 g/mol. The van der Waals surface area contributed by atoms with Crippen molar-refractivity contribution in [3.63, 3.8) is 0 Å². The standard InChI is InChI=1S/C27H30FN5O3S/c28-22-8-4-7-21-24-15-29-16-32(24)23(26(21)22)11-25(34)27-12-17-9-19(13-27)33(20(10-17)14-27)31-37(35,36)30-18-5-2-1-3-6-18/h1-8,15-17,19-20,23,25,30-31,34H,9-14H2. The minimum atomic E-state index is -3.79. The lowest BCUT2D eigenvalue weighted by Crippen LogP contribution is -2.68. The number of nitrogens with zero attached hydrogens (tertiary/aromatic N) is 3. The summed E-state index contributed by atoms with van der Waals surface area (Å²) < 4.78 is 45.4. The molecule has 3 aromatic rings. The fourth-order valence-electron chi connectivity index (χ4n) is 7.76. The molecule has 37 heavy (non-hydrogen) atoms. The Morgan fingerprint density at radius 2 is 1.84 bits per heavy atom. The lowest BCUT2D eigenvalue weighted by molar-refractivity contribution is -0.163. The summed E-state index contributed by atoms with van der Waals surface area (Å²) in [5.41, 5.74) is 2.55. The van der Waals surface area contributed by atoms with Gasteiger partial charge in [0.25, 0.3) is 0 Å². The van der Waals surface area contributed by atoms with Gasteiger partial charge in [-0.15, -0.1) is 4.83 Å². The molecular formula is C27H30FN5O3S. The fourth-order valence-corrected chi connectivity index (χ4v) is 8.82. The molecule has 3 aliphatic heterocycles. The third-order valence-corrected chi connectivity index (χ3v) is 10.0. The Bertz CT molecular complexity index is 1430. The number of para-hydroxylation sites is 1. The van der Waals surface area contributed by atoms with Crippen LogP contribution in [0, 0.1) is 17.2 Å². The van der Waals surface area contributed by atoms with E-state index in [0.29, 0.717) is 36.4 Å². The van der Waals surface area contributed by atoms with Crippen molar-refractivity contribution >= 4 is 15.9 Å². The van der Waals surface area contributed by atoms with Crippen molar-refractivity contribution in [2.45, 2.75) is 62.8 Å². The van der Waals surface area contributed by atoms with E-state index in [4.69, 9.17) is 0 Å². The summed E-state index contributed by atoms with van der Waals surface area (Å²) in [6.45, 7) is 0. The molecule has 8 nitrogen and oxygen atoms in total. The highest BCUT2D eigenvalue weighted by atomic mass is 32.2. The third-order valence-electron chi connectivity index (χ3n) is 9.05. The number of anilines is 1. The lowest BCUT2D eigenvalue weighted by Gasteiger charge is -2.62. The topological polar surface area (TPSA) is 99.5 Å². The van der Waals surface area contributed by atoms with Gasteiger partial charge in [0, 0.05) is 28.9 Å². The van der Waals surface area contributed by atoms with Gasteiger partial charge < -0.3 is 9.67 Å². The predicted octanol–water partition coefficient (Wildman–Crippen LogP) is 3.84. The Morgan fingerprint density at radius 3 is 2.59 bits per heavy atom. The first-order chi connectivity index (χ1) is 17.8. The Morgan fingerprint density at radius 1 is 1.08 bits per heavy atom. The molecular weight excluding hydrogens is 493 g/mol. The molecule has 0 radical (unpaired) electrons. The summed E-state index contributed by atoms with van der Waals surface area (Å²) in [7, 11) is -3.79. The van der Waals surface area contributed by atoms with Crippen molar-refractivity contribution in [1.29, 1.82) is 0 Å². The summed E-state index contributed by atoms with van der Waals surface area (Å²) >= 11 is 0. The van der Waals surface area contributed by atoms with E-state index in [-0.39, 0.29) is 29.4 Å². The molecule has 10 heteroatoms. The van der Waals surface area contributed by atoms with Gasteiger partial charge in [0.05, 0.1) is 30.4 Å². The largest absolute Gasteiger partial charge is 0.392 e. The second kappa shape index (κ2) is 8.36. The second-order valence-electron chi connectivity index (χ2n) is 11.2. The van der Waals surface area contributed by atoms with Gasteiger partial charge in [0.2, 0.25) is 0 Å². The van der Waals surface area contributed by atoms with Crippen molar-refractivity contribution in [3.05, 3.63) is 72.4 Å². The maximum atomic E-state index is 15.0. The average Bonchev–Trinajstić information content (AvgIpc) is 3.44. The van der Waals surface area contributed by atoms with Crippen LogP contribution < -0.4 is 9.55 Å². The Labute approximate surface area is 215 Å². The van der Waals surface area contributed by atoms with E-state index >= 15 is 0 Å². The number of nitrogens with one attached hydrogen (secondary N) is 2. The first kappa shape index (κ1) is 23.3. The van der Waals surface area contributed by atoms with Gasteiger partial charge in [-0.2, -0.15) is 8.42 Å². The van der Waals surface area contributed by atoms with Gasteiger partial charge in [0.1, 0.15) is 5.82 Å². The fraction of sp³-hybridized carbons (Fsp3) is 0.444. The first-order valence-corrected chi connectivity index (χ1v) is 14.4. The van der Waals surface area contributed by atoms with Crippen LogP contribution in [-0.4, -0.2) is 46.3 Å². The first-order valence-electron chi connectivity index (χ1n) is 12.9. The van der Waals surface area contributed by atoms with Crippen LogP contribution in [0.5, 0.6) is 0 Å². The summed E-state index contributed by atoms with van der Waals surface area (Å²) in [5.74, 6) is 0.196. The van der Waals surface area contributed by atoms with Crippen LogP contribution in [0.4, 0.5) is 10.1 Å². The van der Waals surface area contributed by atoms with Crippen LogP contribution in [0.3, 0.4) is 0 Å². The molecule has 4 atom stereocenters. The summed E-state index contributed by atoms with van der Waals surface area (Å²) in [6.07, 6.45) is 7.42. The molecule has 2 saturated heterocycles. The molecule has 4 heterocycles. The third kappa shape index (κ3) is 3.80. The number of hydrogen-bond acceptors (Lipinski definition) is 5. The lowest BCUT2D eigenvalue weighted by atomic mass is 9.53. The smallest absolute Gasteiger partial charge is 0.312 e. The molecule has 3 N–H and O–H groups in total. The highest BCUT2D eigenvalue weighted by molar-refractivity contribution is 7.90. The molecule has 2 saturated carbocycles. The zero-order valence-corrected chi connectivity index (χ0v) is 21.1. The van der Waals surface area contributed by atoms with Crippen LogP contribution in [0.25, 0.3) is 11.3 Å². The Hall–Kier alpha value is -2.79. The SMILES string of the molecule is O=S(=O)(Nc1ccccc1)NN1C2CC3CC1CC(C(O)CC1c4c(F)cccc4-c4cncn41)(C3)C2. The number of aliphatic hydroxyl groups excluding tert-OH is 1. The van der Waals surface area contributed by atoms with Crippen LogP contribution >= 0.6 is 0 Å². The number of piperidine rings is 2. The Balaban J connectivity index is 1.11. The van der Waals surface area contributed by atoms with Gasteiger partial charge in [-0.25, -0.2) is 14.4 Å². The minimum absolute atomic E-state index is 0.0182. The Kier molecular flexibility index (Phi) is 5.27. The van der Waals surface area contributed by atoms with E-state index in [0.717, 1.165) is 30.5 Å². The van der Waals surface area contributed by atoms with E-state index in [1.165, 1.54) is 6.07 Å². The van der Waals surface area contributed by atoms with E-state index in [1.54, 1.807) is 42.9 Å². The molecule has 4 bridgehead atoms. The average molecular weight is 524 g/mol. The van der Waals surface area contributed by atoms with E-state index < -0.39 is 16.3 Å². The van der Waals surface area contributed by atoms with E-state index in [9.17, 15) is 17.9 Å². The zero-order valence-electron chi connectivity index (χ0n) is 20.3.